The van der Waals surface area contributed by atoms with Crippen LogP contribution in [-0.4, -0.2) is 23.0 Å². The van der Waals surface area contributed by atoms with Crippen LogP contribution < -0.4 is 0 Å². The predicted molar refractivity (Wildman–Crippen MR) is 65.0 cm³/mol. The third-order valence-corrected chi connectivity index (χ3v) is 2.70. The molecule has 0 aliphatic rings. The zero-order chi connectivity index (χ0) is 11.3. The molecule has 0 bridgehead atoms. The van der Waals surface area contributed by atoms with E-state index in [1.54, 1.807) is 0 Å². The van der Waals surface area contributed by atoms with Crippen molar-refractivity contribution >= 4 is 0 Å². The first-order valence-corrected chi connectivity index (χ1v) is 5.85. The zero-order valence-electron chi connectivity index (χ0n) is 10.3. The minimum absolute atomic E-state index is 0.515. The molecule has 84 valence electrons. The molecule has 0 saturated carbocycles. The first-order chi connectivity index (χ1) is 7.17. The van der Waals surface area contributed by atoms with Crippen LogP contribution in [-0.2, 0) is 6.54 Å². The van der Waals surface area contributed by atoms with E-state index in [0.29, 0.717) is 5.92 Å². The summed E-state index contributed by atoms with van der Waals surface area (Å²) in [5.41, 5.74) is 2.38. The molecule has 1 aromatic rings. The molecule has 2 heteroatoms. The van der Waals surface area contributed by atoms with E-state index in [9.17, 15) is 0 Å². The van der Waals surface area contributed by atoms with Crippen LogP contribution in [0.1, 0.15) is 45.0 Å². The Hall–Kier alpha value is -0.890. The quantitative estimate of drug-likeness (QED) is 0.736. The number of aromatic nitrogens is 1. The van der Waals surface area contributed by atoms with Gasteiger partial charge in [-0.15, -0.1) is 0 Å². The fraction of sp³-hybridized carbons (Fsp3) is 0.615. The molecule has 15 heavy (non-hydrogen) atoms. The normalized spacial score (nSPS) is 11.3. The maximum Gasteiger partial charge on any atom is 0.0547 e. The van der Waals surface area contributed by atoms with Crippen LogP contribution in [0.25, 0.3) is 0 Å². The lowest BCUT2D eigenvalue weighted by Gasteiger charge is -2.18. The van der Waals surface area contributed by atoms with Crippen molar-refractivity contribution in [3.8, 4) is 0 Å². The standard InChI is InChI=1S/C13H22N2/c1-5-15(6-2)10-12-8-7-9-13(14-12)11(3)4/h7-9,11H,5-6,10H2,1-4H3. The average molecular weight is 206 g/mol. The van der Waals surface area contributed by atoms with Crippen molar-refractivity contribution in [2.45, 2.75) is 40.2 Å². The van der Waals surface area contributed by atoms with E-state index >= 15 is 0 Å². The number of pyridine rings is 1. The molecule has 1 heterocycles. The summed E-state index contributed by atoms with van der Waals surface area (Å²) in [4.78, 5) is 7.05. The van der Waals surface area contributed by atoms with Crippen LogP contribution in [0, 0.1) is 0 Å². The van der Waals surface area contributed by atoms with Gasteiger partial charge in [-0.05, 0) is 31.1 Å². The summed E-state index contributed by atoms with van der Waals surface area (Å²) < 4.78 is 0. The molecule has 0 unspecified atom stereocenters. The first kappa shape index (κ1) is 12.2. The summed E-state index contributed by atoms with van der Waals surface area (Å²) in [5, 5.41) is 0. The number of nitrogens with zero attached hydrogens (tertiary/aromatic N) is 2. The molecule has 0 aliphatic carbocycles. The van der Waals surface area contributed by atoms with Crippen molar-refractivity contribution in [2.75, 3.05) is 13.1 Å². The van der Waals surface area contributed by atoms with Crippen molar-refractivity contribution in [3.63, 3.8) is 0 Å². The number of rotatable bonds is 5. The first-order valence-electron chi connectivity index (χ1n) is 5.85. The van der Waals surface area contributed by atoms with E-state index in [1.165, 1.54) is 11.4 Å². The minimum atomic E-state index is 0.515. The van der Waals surface area contributed by atoms with Crippen molar-refractivity contribution in [1.29, 1.82) is 0 Å². The second kappa shape index (κ2) is 5.86. The molecular formula is C13H22N2. The van der Waals surface area contributed by atoms with Gasteiger partial charge in [-0.25, -0.2) is 0 Å². The van der Waals surface area contributed by atoms with Gasteiger partial charge in [0.25, 0.3) is 0 Å². The van der Waals surface area contributed by atoms with E-state index in [4.69, 9.17) is 0 Å². The lowest BCUT2D eigenvalue weighted by atomic mass is 10.1. The molecule has 2 nitrogen and oxygen atoms in total. The lowest BCUT2D eigenvalue weighted by molar-refractivity contribution is 0.292. The third-order valence-electron chi connectivity index (χ3n) is 2.70. The van der Waals surface area contributed by atoms with Gasteiger partial charge in [0.05, 0.1) is 5.69 Å². The highest BCUT2D eigenvalue weighted by Gasteiger charge is 2.05. The molecule has 0 atom stereocenters. The van der Waals surface area contributed by atoms with Gasteiger partial charge >= 0.3 is 0 Å². The Morgan fingerprint density at radius 3 is 2.40 bits per heavy atom. The second-order valence-electron chi connectivity index (χ2n) is 4.17. The number of hydrogen-bond acceptors (Lipinski definition) is 2. The summed E-state index contributed by atoms with van der Waals surface area (Å²) in [5.74, 6) is 0.515. The molecule has 0 amide bonds. The molecule has 0 aliphatic heterocycles. The summed E-state index contributed by atoms with van der Waals surface area (Å²) in [6.45, 7) is 11.9. The monoisotopic (exact) mass is 206 g/mol. The molecular weight excluding hydrogens is 184 g/mol. The van der Waals surface area contributed by atoms with Gasteiger partial charge in [0, 0.05) is 12.2 Å². The van der Waals surface area contributed by atoms with E-state index in [2.05, 4.69) is 55.8 Å². The highest BCUT2D eigenvalue weighted by Crippen LogP contribution is 2.12. The van der Waals surface area contributed by atoms with Crippen LogP contribution in [0.3, 0.4) is 0 Å². The summed E-state index contributed by atoms with van der Waals surface area (Å²) in [7, 11) is 0. The van der Waals surface area contributed by atoms with Crippen molar-refractivity contribution < 1.29 is 0 Å². The topological polar surface area (TPSA) is 16.1 Å². The third kappa shape index (κ3) is 3.63. The maximum atomic E-state index is 4.67. The Bertz CT molecular complexity index is 290. The average Bonchev–Trinajstić information content (AvgIpc) is 2.26. The highest BCUT2D eigenvalue weighted by molar-refractivity contribution is 5.13. The molecule has 0 aromatic carbocycles. The second-order valence-corrected chi connectivity index (χ2v) is 4.17. The van der Waals surface area contributed by atoms with Crippen LogP contribution in [0.4, 0.5) is 0 Å². The molecule has 0 radical (unpaired) electrons. The van der Waals surface area contributed by atoms with Gasteiger partial charge < -0.3 is 0 Å². The molecule has 0 spiro atoms. The van der Waals surface area contributed by atoms with E-state index in [-0.39, 0.29) is 0 Å². The Morgan fingerprint density at radius 2 is 1.87 bits per heavy atom. The lowest BCUT2D eigenvalue weighted by Crippen LogP contribution is -2.22. The summed E-state index contributed by atoms with van der Waals surface area (Å²) in [6.07, 6.45) is 0. The Kier molecular flexibility index (Phi) is 4.76. The molecule has 1 aromatic heterocycles. The molecule has 1 rings (SSSR count). The largest absolute Gasteiger partial charge is 0.298 e. The van der Waals surface area contributed by atoms with Crippen LogP contribution in [0.15, 0.2) is 18.2 Å². The van der Waals surface area contributed by atoms with Crippen molar-refractivity contribution in [1.82, 2.24) is 9.88 Å². The highest BCUT2D eigenvalue weighted by atomic mass is 15.1. The molecule has 0 N–H and O–H groups in total. The van der Waals surface area contributed by atoms with E-state index in [1.807, 2.05) is 0 Å². The SMILES string of the molecule is CCN(CC)Cc1cccc(C(C)C)n1. The van der Waals surface area contributed by atoms with Crippen LogP contribution >= 0.6 is 0 Å². The van der Waals surface area contributed by atoms with Gasteiger partial charge in [-0.1, -0.05) is 33.8 Å². The smallest absolute Gasteiger partial charge is 0.0547 e. The van der Waals surface area contributed by atoms with Crippen LogP contribution in [0.2, 0.25) is 0 Å². The van der Waals surface area contributed by atoms with E-state index in [0.717, 1.165) is 19.6 Å². The van der Waals surface area contributed by atoms with Gasteiger partial charge in [-0.2, -0.15) is 0 Å². The number of hydrogen-bond donors (Lipinski definition) is 0. The summed E-state index contributed by atoms with van der Waals surface area (Å²) in [6, 6.07) is 6.34. The van der Waals surface area contributed by atoms with Gasteiger partial charge in [0.15, 0.2) is 0 Å². The van der Waals surface area contributed by atoms with Crippen LogP contribution in [0.5, 0.6) is 0 Å². The predicted octanol–water partition coefficient (Wildman–Crippen LogP) is 3.05. The molecule has 0 fully saturated rings. The zero-order valence-corrected chi connectivity index (χ0v) is 10.3. The van der Waals surface area contributed by atoms with Crippen molar-refractivity contribution in [3.05, 3.63) is 29.6 Å². The van der Waals surface area contributed by atoms with E-state index < -0.39 is 0 Å². The van der Waals surface area contributed by atoms with Gasteiger partial charge in [0.2, 0.25) is 0 Å². The van der Waals surface area contributed by atoms with Gasteiger partial charge in [-0.3, -0.25) is 9.88 Å². The van der Waals surface area contributed by atoms with Crippen molar-refractivity contribution in [2.24, 2.45) is 0 Å². The fourth-order valence-corrected chi connectivity index (χ4v) is 1.58. The Balaban J connectivity index is 2.72. The summed E-state index contributed by atoms with van der Waals surface area (Å²) >= 11 is 0. The fourth-order valence-electron chi connectivity index (χ4n) is 1.58. The molecule has 0 saturated heterocycles. The minimum Gasteiger partial charge on any atom is -0.298 e. The van der Waals surface area contributed by atoms with Gasteiger partial charge in [0.1, 0.15) is 0 Å². The Labute approximate surface area is 93.3 Å². The maximum absolute atomic E-state index is 4.67. The Morgan fingerprint density at radius 1 is 1.20 bits per heavy atom.